The average molecular weight is 798 g/mol. The van der Waals surface area contributed by atoms with Gasteiger partial charge in [0.25, 0.3) is 0 Å². The molecule has 334 valence electrons. The smallest absolute Gasteiger partial charge is 0.220 e. The van der Waals surface area contributed by atoms with E-state index in [0.717, 1.165) is 44.9 Å². The summed E-state index contributed by atoms with van der Waals surface area (Å²) in [6, 6.07) is -0.644. The van der Waals surface area contributed by atoms with E-state index in [4.69, 9.17) is 0 Å². The van der Waals surface area contributed by atoms with Gasteiger partial charge in [0.1, 0.15) is 0 Å². The van der Waals surface area contributed by atoms with Crippen molar-refractivity contribution >= 4 is 5.91 Å². The van der Waals surface area contributed by atoms with E-state index in [1.807, 2.05) is 6.08 Å². The van der Waals surface area contributed by atoms with Gasteiger partial charge in [-0.1, -0.05) is 242 Å². The topological polar surface area (TPSA) is 69.6 Å². The highest BCUT2D eigenvalue weighted by Gasteiger charge is 2.17. The van der Waals surface area contributed by atoms with Crippen molar-refractivity contribution in [1.29, 1.82) is 0 Å². The Balaban J connectivity index is 3.55. The monoisotopic (exact) mass is 798 g/mol. The molecule has 0 rings (SSSR count). The van der Waals surface area contributed by atoms with E-state index < -0.39 is 12.1 Å². The molecule has 0 fully saturated rings. The number of hydrogen-bond acceptors (Lipinski definition) is 3. The largest absolute Gasteiger partial charge is 0.394 e. The predicted molar refractivity (Wildman–Crippen MR) is 253 cm³/mol. The fraction of sp³-hybridized carbons (Fsp3) is 0.830. The summed E-state index contributed by atoms with van der Waals surface area (Å²) in [4.78, 5) is 12.4. The SMILES string of the molecule is CCCCC/C=C\C/C=C\CCCCCCCCCC(=O)NC(CO)C(O)/C=C/CC/C=C/CCCCCCCCCCCCCCCCCCCCCCCC. The normalized spacial score (nSPS) is 13.3. The zero-order chi connectivity index (χ0) is 41.4. The summed E-state index contributed by atoms with van der Waals surface area (Å²) in [5.74, 6) is -0.0811. The van der Waals surface area contributed by atoms with Gasteiger partial charge in [-0.05, 0) is 64.2 Å². The first kappa shape index (κ1) is 55.4. The summed E-state index contributed by atoms with van der Waals surface area (Å²) in [6.07, 6.45) is 66.8. The van der Waals surface area contributed by atoms with Gasteiger partial charge >= 0.3 is 0 Å². The Morgan fingerprint density at radius 1 is 0.421 bits per heavy atom. The van der Waals surface area contributed by atoms with Crippen LogP contribution in [0.4, 0.5) is 0 Å². The summed E-state index contributed by atoms with van der Waals surface area (Å²) < 4.78 is 0. The Bertz CT molecular complexity index is 908. The predicted octanol–water partition coefficient (Wildman–Crippen LogP) is 16.3. The van der Waals surface area contributed by atoms with Gasteiger partial charge in [0.05, 0.1) is 18.8 Å². The van der Waals surface area contributed by atoms with Crippen LogP contribution in [-0.2, 0) is 4.79 Å². The van der Waals surface area contributed by atoms with Crippen LogP contribution in [0, 0.1) is 0 Å². The van der Waals surface area contributed by atoms with Crippen molar-refractivity contribution in [3.8, 4) is 0 Å². The van der Waals surface area contributed by atoms with Gasteiger partial charge in [0.2, 0.25) is 5.91 Å². The van der Waals surface area contributed by atoms with Crippen LogP contribution in [0.2, 0.25) is 0 Å². The number of aliphatic hydroxyl groups excluding tert-OH is 2. The number of carbonyl (C=O) groups excluding carboxylic acids is 1. The molecular formula is C53H99NO3. The molecule has 4 heteroatoms. The molecule has 0 spiro atoms. The number of carbonyl (C=O) groups is 1. The molecule has 57 heavy (non-hydrogen) atoms. The van der Waals surface area contributed by atoms with Crippen LogP contribution in [0.15, 0.2) is 48.6 Å². The number of rotatable bonds is 46. The van der Waals surface area contributed by atoms with Crippen LogP contribution < -0.4 is 5.32 Å². The van der Waals surface area contributed by atoms with Gasteiger partial charge in [-0.3, -0.25) is 4.79 Å². The van der Waals surface area contributed by atoms with Crippen molar-refractivity contribution < 1.29 is 15.0 Å². The number of aliphatic hydroxyl groups is 2. The second-order valence-electron chi connectivity index (χ2n) is 17.2. The molecule has 0 bridgehead atoms. The average Bonchev–Trinajstić information content (AvgIpc) is 3.22. The highest BCUT2D eigenvalue weighted by atomic mass is 16.3. The van der Waals surface area contributed by atoms with Crippen molar-refractivity contribution in [3.63, 3.8) is 0 Å². The molecule has 3 N–H and O–H groups in total. The summed E-state index contributed by atoms with van der Waals surface area (Å²) in [6.45, 7) is 4.28. The minimum absolute atomic E-state index is 0.0811. The Morgan fingerprint density at radius 3 is 1.16 bits per heavy atom. The first-order valence-corrected chi connectivity index (χ1v) is 25.4. The lowest BCUT2D eigenvalue weighted by molar-refractivity contribution is -0.123. The summed E-state index contributed by atoms with van der Waals surface area (Å²) >= 11 is 0. The maximum Gasteiger partial charge on any atom is 0.220 e. The molecule has 0 aliphatic carbocycles. The molecule has 2 atom stereocenters. The molecule has 0 aliphatic heterocycles. The molecule has 0 saturated carbocycles. The third-order valence-corrected chi connectivity index (χ3v) is 11.5. The third kappa shape index (κ3) is 45.3. The van der Waals surface area contributed by atoms with E-state index in [-0.39, 0.29) is 12.5 Å². The highest BCUT2D eigenvalue weighted by Crippen LogP contribution is 2.16. The maximum atomic E-state index is 12.4. The lowest BCUT2D eigenvalue weighted by Crippen LogP contribution is -2.45. The van der Waals surface area contributed by atoms with Crippen LogP contribution >= 0.6 is 0 Å². The Labute approximate surface area is 356 Å². The minimum Gasteiger partial charge on any atom is -0.394 e. The van der Waals surface area contributed by atoms with Gasteiger partial charge in [-0.2, -0.15) is 0 Å². The fourth-order valence-electron chi connectivity index (χ4n) is 7.64. The lowest BCUT2D eigenvalue weighted by atomic mass is 10.0. The minimum atomic E-state index is -0.867. The molecule has 0 heterocycles. The van der Waals surface area contributed by atoms with Crippen LogP contribution in [-0.4, -0.2) is 34.9 Å². The van der Waals surface area contributed by atoms with E-state index >= 15 is 0 Å². The zero-order valence-corrected chi connectivity index (χ0v) is 38.4. The molecule has 0 radical (unpaired) electrons. The van der Waals surface area contributed by atoms with Crippen molar-refractivity contribution in [3.05, 3.63) is 48.6 Å². The molecule has 0 saturated heterocycles. The number of allylic oxidation sites excluding steroid dienone is 7. The molecule has 0 aromatic heterocycles. The fourth-order valence-corrected chi connectivity index (χ4v) is 7.64. The van der Waals surface area contributed by atoms with Crippen LogP contribution in [0.5, 0.6) is 0 Å². The van der Waals surface area contributed by atoms with Crippen molar-refractivity contribution in [2.24, 2.45) is 0 Å². The van der Waals surface area contributed by atoms with E-state index in [1.165, 1.54) is 199 Å². The molecule has 0 aromatic rings. The molecule has 2 unspecified atom stereocenters. The Hall–Kier alpha value is -1.65. The van der Waals surface area contributed by atoms with Gasteiger partial charge in [0.15, 0.2) is 0 Å². The Morgan fingerprint density at radius 2 is 0.737 bits per heavy atom. The van der Waals surface area contributed by atoms with E-state index in [1.54, 1.807) is 6.08 Å². The molecule has 4 nitrogen and oxygen atoms in total. The molecule has 0 aromatic carbocycles. The molecular weight excluding hydrogens is 699 g/mol. The quantitative estimate of drug-likeness (QED) is 0.0424. The summed E-state index contributed by atoms with van der Waals surface area (Å²) in [5.41, 5.74) is 0. The molecule has 0 aliphatic rings. The standard InChI is InChI=1S/C53H99NO3/c1-3-5-7-9-11-13-15-17-19-21-22-23-24-25-26-27-28-29-30-31-33-34-36-38-40-42-44-46-48-52(56)51(50-55)54-53(57)49-47-45-43-41-39-37-35-32-20-18-16-14-12-10-8-6-4-2/h12,14,18,20,38,40,46,48,51-52,55-56H,3-11,13,15-17,19,21-37,39,41-45,47,49-50H2,1-2H3,(H,54,57)/b14-12-,20-18-,40-38+,48-46+. The van der Waals surface area contributed by atoms with Gasteiger partial charge in [0, 0.05) is 6.42 Å². The first-order chi connectivity index (χ1) is 28.2. The third-order valence-electron chi connectivity index (χ3n) is 11.5. The first-order valence-electron chi connectivity index (χ1n) is 25.4. The number of amides is 1. The second-order valence-corrected chi connectivity index (χ2v) is 17.2. The highest BCUT2D eigenvalue weighted by molar-refractivity contribution is 5.76. The summed E-state index contributed by atoms with van der Waals surface area (Å²) in [7, 11) is 0. The maximum absolute atomic E-state index is 12.4. The van der Waals surface area contributed by atoms with Crippen molar-refractivity contribution in [2.75, 3.05) is 6.61 Å². The number of hydrogen-bond donors (Lipinski definition) is 3. The Kier molecular flexibility index (Phi) is 47.3. The van der Waals surface area contributed by atoms with E-state index in [2.05, 4.69) is 55.6 Å². The van der Waals surface area contributed by atoms with Gasteiger partial charge in [-0.15, -0.1) is 0 Å². The summed E-state index contributed by atoms with van der Waals surface area (Å²) in [5, 5.41) is 23.1. The van der Waals surface area contributed by atoms with E-state index in [9.17, 15) is 15.0 Å². The zero-order valence-electron chi connectivity index (χ0n) is 38.4. The number of unbranched alkanes of at least 4 members (excludes halogenated alkanes) is 33. The van der Waals surface area contributed by atoms with Crippen molar-refractivity contribution in [2.45, 2.75) is 276 Å². The van der Waals surface area contributed by atoms with E-state index in [0.29, 0.717) is 6.42 Å². The lowest BCUT2D eigenvalue weighted by Gasteiger charge is -2.19. The van der Waals surface area contributed by atoms with Crippen LogP contribution in [0.3, 0.4) is 0 Å². The molecule has 1 amide bonds. The van der Waals surface area contributed by atoms with Crippen molar-refractivity contribution in [1.82, 2.24) is 5.32 Å². The van der Waals surface area contributed by atoms with Gasteiger partial charge < -0.3 is 15.5 Å². The number of nitrogens with one attached hydrogen (secondary N) is 1. The van der Waals surface area contributed by atoms with Crippen LogP contribution in [0.1, 0.15) is 264 Å². The van der Waals surface area contributed by atoms with Gasteiger partial charge in [-0.25, -0.2) is 0 Å². The second kappa shape index (κ2) is 48.7. The van der Waals surface area contributed by atoms with Crippen LogP contribution in [0.25, 0.3) is 0 Å².